The summed E-state index contributed by atoms with van der Waals surface area (Å²) in [6.07, 6.45) is 1.48. The van der Waals surface area contributed by atoms with E-state index in [1.165, 1.54) is 18.3 Å². The molecule has 0 aliphatic carbocycles. The van der Waals surface area contributed by atoms with Gasteiger partial charge in [-0.15, -0.1) is 0 Å². The van der Waals surface area contributed by atoms with Crippen molar-refractivity contribution in [3.05, 3.63) is 54.1 Å². The summed E-state index contributed by atoms with van der Waals surface area (Å²) in [5, 5.41) is 3.86. The fourth-order valence-corrected chi connectivity index (χ4v) is 3.49. The van der Waals surface area contributed by atoms with Gasteiger partial charge >= 0.3 is 0 Å². The monoisotopic (exact) mass is 389 g/mol. The van der Waals surface area contributed by atoms with Crippen molar-refractivity contribution >= 4 is 21.9 Å². The van der Waals surface area contributed by atoms with Crippen LogP contribution >= 0.6 is 0 Å². The van der Waals surface area contributed by atoms with E-state index in [4.69, 9.17) is 9.47 Å². The molecule has 144 valence electrons. The van der Waals surface area contributed by atoms with Gasteiger partial charge in [0.2, 0.25) is 0 Å². The molecule has 2 aromatic rings. The molecule has 0 amide bonds. The van der Waals surface area contributed by atoms with Crippen LogP contribution in [0, 0.1) is 0 Å². The third-order valence-electron chi connectivity index (χ3n) is 4.10. The molecule has 2 aromatic carbocycles. The molecule has 27 heavy (non-hydrogen) atoms. The summed E-state index contributed by atoms with van der Waals surface area (Å²) in [6, 6.07) is 14.0. The molecule has 0 saturated carbocycles. The Bertz CT molecular complexity index is 859. The normalized spacial score (nSPS) is 15.1. The predicted octanol–water partition coefficient (Wildman–Crippen LogP) is 2.23. The largest absolute Gasteiger partial charge is 0.494 e. The molecule has 0 radical (unpaired) electrons. The molecule has 7 nitrogen and oxygen atoms in total. The number of hydrazone groups is 1. The molecule has 0 bridgehead atoms. The van der Waals surface area contributed by atoms with Gasteiger partial charge in [-0.3, -0.25) is 0 Å². The molecular weight excluding hydrogens is 366 g/mol. The first-order valence-corrected chi connectivity index (χ1v) is 10.3. The van der Waals surface area contributed by atoms with Crippen LogP contribution in [0.25, 0.3) is 0 Å². The van der Waals surface area contributed by atoms with E-state index in [2.05, 4.69) is 14.8 Å². The van der Waals surface area contributed by atoms with Crippen molar-refractivity contribution in [1.82, 2.24) is 4.83 Å². The van der Waals surface area contributed by atoms with Crippen LogP contribution in [0.1, 0.15) is 12.5 Å². The zero-order valence-corrected chi connectivity index (χ0v) is 16.0. The number of ether oxygens (including phenoxy) is 2. The van der Waals surface area contributed by atoms with Crippen molar-refractivity contribution in [3.63, 3.8) is 0 Å². The van der Waals surface area contributed by atoms with E-state index in [9.17, 15) is 8.42 Å². The second kappa shape index (κ2) is 8.88. The number of anilines is 1. The lowest BCUT2D eigenvalue weighted by Crippen LogP contribution is -2.36. The molecule has 1 saturated heterocycles. The van der Waals surface area contributed by atoms with Gasteiger partial charge in [-0.25, -0.2) is 4.83 Å². The predicted molar refractivity (Wildman–Crippen MR) is 105 cm³/mol. The van der Waals surface area contributed by atoms with Gasteiger partial charge in [-0.05, 0) is 48.9 Å². The van der Waals surface area contributed by atoms with E-state index in [0.29, 0.717) is 12.4 Å². The van der Waals surface area contributed by atoms with Crippen molar-refractivity contribution in [1.29, 1.82) is 0 Å². The van der Waals surface area contributed by atoms with Crippen molar-refractivity contribution in [3.8, 4) is 5.75 Å². The number of nitrogens with zero attached hydrogens (tertiary/aromatic N) is 2. The number of hydrogen-bond donors (Lipinski definition) is 1. The van der Waals surface area contributed by atoms with Crippen LogP contribution in [-0.2, 0) is 14.8 Å². The van der Waals surface area contributed by atoms with Gasteiger partial charge in [0.25, 0.3) is 10.0 Å². The third-order valence-corrected chi connectivity index (χ3v) is 5.34. The van der Waals surface area contributed by atoms with Gasteiger partial charge in [0.15, 0.2) is 0 Å². The number of rotatable bonds is 7. The molecule has 1 heterocycles. The van der Waals surface area contributed by atoms with Gasteiger partial charge in [-0.2, -0.15) is 13.5 Å². The first kappa shape index (κ1) is 19.2. The minimum atomic E-state index is -3.71. The Morgan fingerprint density at radius 2 is 1.78 bits per heavy atom. The lowest BCUT2D eigenvalue weighted by molar-refractivity contribution is 0.122. The molecule has 8 heteroatoms. The molecule has 0 atom stereocenters. The second-order valence-corrected chi connectivity index (χ2v) is 7.61. The summed E-state index contributed by atoms with van der Waals surface area (Å²) in [4.78, 5) is 4.61. The average molecular weight is 389 g/mol. The number of morpholine rings is 1. The quantitative estimate of drug-likeness (QED) is 0.580. The number of benzene rings is 2. The van der Waals surface area contributed by atoms with Crippen LogP contribution in [-0.4, -0.2) is 47.5 Å². The zero-order chi connectivity index (χ0) is 19.1. The fraction of sp³-hybridized carbons (Fsp3) is 0.316. The Morgan fingerprint density at radius 1 is 1.11 bits per heavy atom. The topological polar surface area (TPSA) is 80.2 Å². The second-order valence-electron chi connectivity index (χ2n) is 5.95. The van der Waals surface area contributed by atoms with Crippen molar-refractivity contribution < 1.29 is 17.9 Å². The van der Waals surface area contributed by atoms with E-state index in [1.54, 1.807) is 12.1 Å². The average Bonchev–Trinajstić information content (AvgIpc) is 2.70. The minimum absolute atomic E-state index is 0.130. The standard InChI is InChI=1S/C19H23N3O4S/c1-2-26-18-7-9-19(10-8-18)27(23,24)21-20-15-16-3-5-17(6-4-16)22-11-13-25-14-12-22/h3-10,15,21H,2,11-14H2,1H3/b20-15-. The van der Waals surface area contributed by atoms with E-state index in [0.717, 1.165) is 37.6 Å². The lowest BCUT2D eigenvalue weighted by Gasteiger charge is -2.28. The highest BCUT2D eigenvalue weighted by Gasteiger charge is 2.13. The van der Waals surface area contributed by atoms with Gasteiger partial charge in [-0.1, -0.05) is 12.1 Å². The van der Waals surface area contributed by atoms with Crippen LogP contribution in [0.15, 0.2) is 58.5 Å². The first-order chi connectivity index (χ1) is 13.1. The maximum Gasteiger partial charge on any atom is 0.276 e. The smallest absolute Gasteiger partial charge is 0.276 e. The van der Waals surface area contributed by atoms with Crippen LogP contribution in [0.2, 0.25) is 0 Å². The lowest BCUT2D eigenvalue weighted by atomic mass is 10.2. The van der Waals surface area contributed by atoms with Gasteiger partial charge < -0.3 is 14.4 Å². The summed E-state index contributed by atoms with van der Waals surface area (Å²) in [6.45, 7) is 5.60. The molecular formula is C19H23N3O4S. The van der Waals surface area contributed by atoms with Crippen LogP contribution in [0.3, 0.4) is 0 Å². The fourth-order valence-electron chi connectivity index (χ4n) is 2.70. The molecule has 0 aromatic heterocycles. The summed E-state index contributed by atoms with van der Waals surface area (Å²) in [7, 11) is -3.71. The molecule has 3 rings (SSSR count). The highest BCUT2D eigenvalue weighted by atomic mass is 32.2. The Kier molecular flexibility index (Phi) is 6.31. The maximum absolute atomic E-state index is 12.3. The van der Waals surface area contributed by atoms with Crippen molar-refractivity contribution in [2.45, 2.75) is 11.8 Å². The molecule has 1 aliphatic heterocycles. The molecule has 1 N–H and O–H groups in total. The summed E-state index contributed by atoms with van der Waals surface area (Å²) >= 11 is 0. The molecule has 1 fully saturated rings. The van der Waals surface area contributed by atoms with Gasteiger partial charge in [0, 0.05) is 18.8 Å². The summed E-state index contributed by atoms with van der Waals surface area (Å²) in [5.41, 5.74) is 1.92. The van der Waals surface area contributed by atoms with Gasteiger partial charge in [0.05, 0.1) is 30.9 Å². The highest BCUT2D eigenvalue weighted by molar-refractivity contribution is 7.89. The van der Waals surface area contributed by atoms with Crippen molar-refractivity contribution in [2.75, 3.05) is 37.8 Å². The zero-order valence-electron chi connectivity index (χ0n) is 15.2. The maximum atomic E-state index is 12.3. The summed E-state index contributed by atoms with van der Waals surface area (Å²) < 4.78 is 35.2. The van der Waals surface area contributed by atoms with E-state index < -0.39 is 10.0 Å². The van der Waals surface area contributed by atoms with Gasteiger partial charge in [0.1, 0.15) is 5.75 Å². The van der Waals surface area contributed by atoms with E-state index in [-0.39, 0.29) is 4.90 Å². The Hall–Kier alpha value is -2.58. The Labute approximate surface area is 159 Å². The Morgan fingerprint density at radius 3 is 2.41 bits per heavy atom. The summed E-state index contributed by atoms with van der Waals surface area (Å²) in [5.74, 6) is 0.625. The third kappa shape index (κ3) is 5.21. The Balaban J connectivity index is 1.60. The van der Waals surface area contributed by atoms with Crippen LogP contribution < -0.4 is 14.5 Å². The van der Waals surface area contributed by atoms with Crippen molar-refractivity contribution in [2.24, 2.45) is 5.10 Å². The minimum Gasteiger partial charge on any atom is -0.494 e. The van der Waals surface area contributed by atoms with Crippen LogP contribution in [0.4, 0.5) is 5.69 Å². The number of sulfonamides is 1. The molecule has 0 spiro atoms. The first-order valence-electron chi connectivity index (χ1n) is 8.79. The number of hydrogen-bond acceptors (Lipinski definition) is 6. The highest BCUT2D eigenvalue weighted by Crippen LogP contribution is 2.17. The van der Waals surface area contributed by atoms with E-state index in [1.807, 2.05) is 31.2 Å². The SMILES string of the molecule is CCOc1ccc(S(=O)(=O)N/N=C\c2ccc(N3CCOCC3)cc2)cc1. The molecule has 1 aliphatic rings. The number of nitrogens with one attached hydrogen (secondary N) is 1. The van der Waals surface area contributed by atoms with Crippen LogP contribution in [0.5, 0.6) is 5.75 Å². The van der Waals surface area contributed by atoms with E-state index >= 15 is 0 Å². The molecule has 0 unspecified atom stereocenters.